The van der Waals surface area contributed by atoms with Crippen molar-refractivity contribution in [1.82, 2.24) is 0 Å². The van der Waals surface area contributed by atoms with Crippen molar-refractivity contribution in [1.29, 1.82) is 0 Å². The van der Waals surface area contributed by atoms with E-state index >= 15 is 0 Å². The molecule has 0 aliphatic carbocycles. The second-order valence-electron chi connectivity index (χ2n) is 7.20. The van der Waals surface area contributed by atoms with Gasteiger partial charge in [-0.3, -0.25) is 0 Å². The van der Waals surface area contributed by atoms with Gasteiger partial charge in [0.25, 0.3) is 0 Å². The van der Waals surface area contributed by atoms with Crippen molar-refractivity contribution in [3.8, 4) is 0 Å². The van der Waals surface area contributed by atoms with Gasteiger partial charge in [0.1, 0.15) is 0 Å². The van der Waals surface area contributed by atoms with Gasteiger partial charge in [0, 0.05) is 0 Å². The molecule has 0 aromatic heterocycles. The van der Waals surface area contributed by atoms with Crippen LogP contribution < -0.4 is 0 Å². The molecule has 0 spiro atoms. The highest BCUT2D eigenvalue weighted by atomic mass is 16.6. The highest BCUT2D eigenvalue weighted by Gasteiger charge is 2.12. The molecule has 0 radical (unpaired) electrons. The Morgan fingerprint density at radius 1 is 0.483 bits per heavy atom. The summed E-state index contributed by atoms with van der Waals surface area (Å²) in [6, 6.07) is 0. The monoisotopic (exact) mass is 428 g/mol. The summed E-state index contributed by atoms with van der Waals surface area (Å²) in [6.07, 6.45) is -0.868. The maximum Gasteiger partial charge on any atom is 0.0781 e. The Morgan fingerprint density at radius 2 is 0.759 bits per heavy atom. The first-order valence-electron chi connectivity index (χ1n) is 10.2. The number of rotatable bonds is 17. The summed E-state index contributed by atoms with van der Waals surface area (Å²) < 4.78 is 27.9. The van der Waals surface area contributed by atoms with Crippen molar-refractivity contribution in [3.05, 3.63) is 0 Å². The molecule has 9 nitrogen and oxygen atoms in total. The molecule has 178 valence electrons. The molecule has 0 amide bonds. The largest absolute Gasteiger partial charge is 0.394 e. The molecule has 6 unspecified atom stereocenters. The van der Waals surface area contributed by atoms with Crippen LogP contribution in [0.2, 0.25) is 0 Å². The van der Waals surface area contributed by atoms with Crippen molar-refractivity contribution in [2.45, 2.75) is 78.2 Å². The lowest BCUT2D eigenvalue weighted by Crippen LogP contribution is -2.29. The molecule has 0 aliphatic heterocycles. The Kier molecular flexibility index (Phi) is 22.2. The zero-order valence-corrected chi connectivity index (χ0v) is 19.0. The Balaban J connectivity index is 0. The van der Waals surface area contributed by atoms with Gasteiger partial charge in [-0.15, -0.1) is 0 Å². The van der Waals surface area contributed by atoms with E-state index in [2.05, 4.69) is 0 Å². The Bertz CT molecular complexity index is 329. The number of aliphatic hydroxyl groups excluding tert-OH is 4. The molecular weight excluding hydrogens is 384 g/mol. The van der Waals surface area contributed by atoms with Gasteiger partial charge in [-0.25, -0.2) is 0 Å². The van der Waals surface area contributed by atoms with Gasteiger partial charge < -0.3 is 44.1 Å². The summed E-state index contributed by atoms with van der Waals surface area (Å²) in [5.41, 5.74) is 0. The summed E-state index contributed by atoms with van der Waals surface area (Å²) in [5, 5.41) is 33.3. The second kappa shape index (κ2) is 20.9. The van der Waals surface area contributed by atoms with Crippen molar-refractivity contribution in [2.75, 3.05) is 52.9 Å². The molecule has 0 aromatic rings. The van der Waals surface area contributed by atoms with E-state index in [1.54, 1.807) is 6.92 Å². The third-order valence-corrected chi connectivity index (χ3v) is 3.44. The van der Waals surface area contributed by atoms with Gasteiger partial charge in [0.2, 0.25) is 0 Å². The van der Waals surface area contributed by atoms with Gasteiger partial charge in [-0.1, -0.05) is 0 Å². The number of ether oxygens (including phenoxy) is 5. The summed E-state index contributed by atoms with van der Waals surface area (Å²) in [4.78, 5) is 0. The molecule has 0 fully saturated rings. The smallest absolute Gasteiger partial charge is 0.0781 e. The molecule has 4 N–H and O–H groups in total. The highest BCUT2D eigenvalue weighted by molar-refractivity contribution is 4.57. The first-order chi connectivity index (χ1) is 13.7. The van der Waals surface area contributed by atoms with Crippen LogP contribution in [0.3, 0.4) is 0 Å². The topological polar surface area (TPSA) is 127 Å². The normalized spacial score (nSPS) is 17.6. The Labute approximate surface area is 175 Å². The fraction of sp³-hybridized carbons (Fsp3) is 1.00. The lowest BCUT2D eigenvalue weighted by Gasteiger charge is -2.22. The van der Waals surface area contributed by atoms with Gasteiger partial charge in [-0.05, 0) is 41.5 Å². The average molecular weight is 429 g/mol. The van der Waals surface area contributed by atoms with E-state index in [4.69, 9.17) is 39.0 Å². The van der Waals surface area contributed by atoms with Gasteiger partial charge in [-0.2, -0.15) is 0 Å². The maximum atomic E-state index is 9.17. The van der Waals surface area contributed by atoms with Crippen LogP contribution in [-0.4, -0.2) is 110 Å². The Hall–Kier alpha value is -0.360. The van der Waals surface area contributed by atoms with Crippen LogP contribution in [0, 0.1) is 0 Å². The predicted molar refractivity (Wildman–Crippen MR) is 110 cm³/mol. The molecule has 9 heteroatoms. The standard InChI is InChI=1S/C18H38O7.C2H6O2/c1-13(20)8-21-15(3)10-23-17(5)12-25-18(6)11-24-16(4)9-22-14(2)7-19;3-1-2-4/h13-20H,7-12H2,1-6H3;3-4H,1-2H2. The molecule has 0 saturated heterocycles. The molecule has 6 atom stereocenters. The molecule has 0 rings (SSSR count). The number of hydrogen-bond acceptors (Lipinski definition) is 9. The van der Waals surface area contributed by atoms with E-state index in [0.717, 1.165) is 0 Å². The summed E-state index contributed by atoms with van der Waals surface area (Å²) in [5.74, 6) is 0. The maximum absolute atomic E-state index is 9.17. The minimum absolute atomic E-state index is 0.00675. The van der Waals surface area contributed by atoms with Crippen LogP contribution in [0.1, 0.15) is 41.5 Å². The fourth-order valence-electron chi connectivity index (χ4n) is 1.75. The first-order valence-corrected chi connectivity index (χ1v) is 10.2. The fourth-order valence-corrected chi connectivity index (χ4v) is 1.75. The summed E-state index contributed by atoms with van der Waals surface area (Å²) in [6.45, 7) is 13.1. The lowest BCUT2D eigenvalue weighted by atomic mass is 10.3. The Morgan fingerprint density at radius 3 is 1.00 bits per heavy atom. The van der Waals surface area contributed by atoms with Gasteiger partial charge in [0.15, 0.2) is 0 Å². The van der Waals surface area contributed by atoms with Crippen molar-refractivity contribution >= 4 is 0 Å². The first kappa shape index (κ1) is 30.8. The molecule has 29 heavy (non-hydrogen) atoms. The van der Waals surface area contributed by atoms with Crippen LogP contribution >= 0.6 is 0 Å². The number of hydrogen-bond donors (Lipinski definition) is 4. The summed E-state index contributed by atoms with van der Waals surface area (Å²) >= 11 is 0. The van der Waals surface area contributed by atoms with Crippen molar-refractivity contribution in [3.63, 3.8) is 0 Å². The minimum atomic E-state index is -0.469. The molecule has 0 heterocycles. The third kappa shape index (κ3) is 23.8. The summed E-state index contributed by atoms with van der Waals surface area (Å²) in [7, 11) is 0. The molecule has 0 bridgehead atoms. The van der Waals surface area contributed by atoms with Crippen LogP contribution in [0.15, 0.2) is 0 Å². The van der Waals surface area contributed by atoms with Crippen LogP contribution in [0.25, 0.3) is 0 Å². The van der Waals surface area contributed by atoms with E-state index in [-0.39, 0.29) is 50.3 Å². The SMILES string of the molecule is CC(O)COC(C)COC(C)COC(C)COC(C)COC(C)CO.OCCO. The molecule has 0 aliphatic rings. The zero-order valence-electron chi connectivity index (χ0n) is 19.0. The van der Waals surface area contributed by atoms with Gasteiger partial charge in [0.05, 0.1) is 89.5 Å². The third-order valence-electron chi connectivity index (χ3n) is 3.44. The van der Waals surface area contributed by atoms with Crippen LogP contribution in [0.5, 0.6) is 0 Å². The van der Waals surface area contributed by atoms with Crippen molar-refractivity contribution in [2.24, 2.45) is 0 Å². The van der Waals surface area contributed by atoms with E-state index in [9.17, 15) is 5.11 Å². The average Bonchev–Trinajstić information content (AvgIpc) is 2.71. The van der Waals surface area contributed by atoms with Crippen LogP contribution in [-0.2, 0) is 23.7 Å². The van der Waals surface area contributed by atoms with E-state index < -0.39 is 6.10 Å². The molecule has 0 aromatic carbocycles. The van der Waals surface area contributed by atoms with Crippen LogP contribution in [0.4, 0.5) is 0 Å². The predicted octanol–water partition coefficient (Wildman–Crippen LogP) is 0.356. The second-order valence-corrected chi connectivity index (χ2v) is 7.20. The van der Waals surface area contributed by atoms with E-state index in [1.807, 2.05) is 34.6 Å². The molecular formula is C20H44O9. The number of aliphatic hydroxyl groups is 4. The quantitative estimate of drug-likeness (QED) is 0.260. The van der Waals surface area contributed by atoms with Crippen molar-refractivity contribution < 1.29 is 44.1 Å². The highest BCUT2D eigenvalue weighted by Crippen LogP contribution is 2.03. The van der Waals surface area contributed by atoms with E-state index in [1.165, 1.54) is 0 Å². The van der Waals surface area contributed by atoms with Gasteiger partial charge >= 0.3 is 0 Å². The van der Waals surface area contributed by atoms with E-state index in [0.29, 0.717) is 33.0 Å². The minimum Gasteiger partial charge on any atom is -0.394 e. The lowest BCUT2D eigenvalue weighted by molar-refractivity contribution is -0.100. The zero-order chi connectivity index (χ0) is 22.7. The molecule has 0 saturated carbocycles.